The number of hydrogen-bond acceptors (Lipinski definition) is 2. The van der Waals surface area contributed by atoms with E-state index in [4.69, 9.17) is 0 Å². The number of hydrogen-bond donors (Lipinski definition) is 0. The first-order valence-electron chi connectivity index (χ1n) is 7.73. The molecule has 24 heteroatoms. The minimum absolute atomic E-state index is 0. The molecule has 0 atom stereocenters. The second-order valence-corrected chi connectivity index (χ2v) is 12.0. The molecule has 0 aromatic heterocycles. The van der Waals surface area contributed by atoms with Crippen LogP contribution in [0.15, 0.2) is 60.3 Å². The van der Waals surface area contributed by atoms with Crippen LogP contribution in [0.2, 0.25) is 0 Å². The van der Waals surface area contributed by atoms with E-state index in [9.17, 15) is 75.5 Å². The van der Waals surface area contributed by atoms with E-state index in [1.54, 1.807) is 0 Å². The van der Waals surface area contributed by atoms with E-state index in [2.05, 4.69) is 60.6 Å². The summed E-state index contributed by atoms with van der Waals surface area (Å²) in [6, 6.07) is 0. The first-order chi connectivity index (χ1) is 14.1. The largest absolute Gasteiger partial charge is 3.00 e. The number of halogens is 18. The van der Waals surface area contributed by atoms with Crippen LogP contribution in [0.3, 0.4) is 0 Å². The van der Waals surface area contributed by atoms with E-state index < -0.39 is 23.4 Å². The van der Waals surface area contributed by atoms with Crippen LogP contribution in [0.4, 0.5) is 75.5 Å². The van der Waals surface area contributed by atoms with Gasteiger partial charge in [0.25, 0.3) is 0 Å². The van der Waals surface area contributed by atoms with E-state index in [-0.39, 0.29) is 20.1 Å². The maximum atomic E-state index is 9.87. The monoisotopic (exact) mass is 814 g/mol. The van der Waals surface area contributed by atoms with Crippen molar-refractivity contribution in [2.75, 3.05) is 14.1 Å². The fourth-order valence-corrected chi connectivity index (χ4v) is 1.58. The Morgan fingerprint density at radius 2 is 0.583 bits per heavy atom. The van der Waals surface area contributed by atoms with Gasteiger partial charge in [-0.05, 0) is 24.3 Å². The van der Waals surface area contributed by atoms with Crippen molar-refractivity contribution in [3.63, 3.8) is 0 Å². The molecule has 0 spiro atoms. The van der Waals surface area contributed by atoms with Crippen LogP contribution in [0.5, 0.6) is 0 Å². The summed E-state index contributed by atoms with van der Waals surface area (Å²) in [6.07, 6.45) is 16.5. The fourth-order valence-electron chi connectivity index (χ4n) is 1.58. The molecule has 222 valence electrons. The van der Waals surface area contributed by atoms with Gasteiger partial charge in [-0.15, -0.1) is 0 Å². The Balaban J connectivity index is -0.000000430. The molecule has 0 fully saturated rings. The van der Waals surface area contributed by atoms with Gasteiger partial charge in [-0.3, -0.25) is 0 Å². The van der Waals surface area contributed by atoms with E-state index in [1.807, 2.05) is 12.2 Å². The summed E-state index contributed by atoms with van der Waals surface area (Å²) < 4.78 is 178. The van der Waals surface area contributed by atoms with Gasteiger partial charge in [-0.25, -0.2) is 0 Å². The van der Waals surface area contributed by atoms with Crippen molar-refractivity contribution in [1.82, 2.24) is 9.80 Å². The van der Waals surface area contributed by atoms with Crippen LogP contribution in [0, 0.1) is 0 Å². The van der Waals surface area contributed by atoms with E-state index in [0.29, 0.717) is 0 Å². The Hall–Kier alpha value is -1.02. The van der Waals surface area contributed by atoms with Crippen molar-refractivity contribution >= 4 is 23.4 Å². The molecular weight excluding hydrogens is 799 g/mol. The Bertz CT molecular complexity index is 797. The molecule has 2 nitrogen and oxygen atoms in total. The summed E-state index contributed by atoms with van der Waals surface area (Å²) in [4.78, 5) is 4.24. The summed E-state index contributed by atoms with van der Waals surface area (Å²) in [6.45, 7) is 0. The third kappa shape index (κ3) is 54.1. The first-order valence-corrected chi connectivity index (χ1v) is 13.8. The molecule has 0 unspecified atom stereocenters. The van der Waals surface area contributed by atoms with Gasteiger partial charge < -0.3 is 9.80 Å². The molecule has 0 saturated heterocycles. The van der Waals surface area contributed by atoms with Gasteiger partial charge in [0.15, 0.2) is 0 Å². The van der Waals surface area contributed by atoms with Crippen molar-refractivity contribution in [2.45, 2.75) is 0 Å². The predicted molar refractivity (Wildman–Crippen MR) is 99.8 cm³/mol. The summed E-state index contributed by atoms with van der Waals surface area (Å²) in [5.41, 5.74) is 2.44. The van der Waals surface area contributed by atoms with Gasteiger partial charge in [0.2, 0.25) is 0 Å². The maximum absolute atomic E-state index is 10.7. The molecule has 0 N–H and O–H groups in total. The molecule has 2 rings (SSSR count). The maximum Gasteiger partial charge on any atom is 3.00 e. The molecule has 2 aliphatic heterocycles. The van der Waals surface area contributed by atoms with Gasteiger partial charge in [0, 0.05) is 26.5 Å². The van der Waals surface area contributed by atoms with Crippen molar-refractivity contribution in [3.05, 3.63) is 60.3 Å². The van der Waals surface area contributed by atoms with E-state index in [0.717, 1.165) is 0 Å². The van der Waals surface area contributed by atoms with Crippen LogP contribution >= 0.6 is 23.4 Å². The predicted octanol–water partition coefficient (Wildman–Crippen LogP) is 12.4. The van der Waals surface area contributed by atoms with Gasteiger partial charge in [-0.2, -0.15) is 0 Å². The van der Waals surface area contributed by atoms with Crippen molar-refractivity contribution < 1.29 is 95.6 Å². The van der Waals surface area contributed by atoms with Gasteiger partial charge in [-0.1, -0.05) is 12.2 Å². The summed E-state index contributed by atoms with van der Waals surface area (Å²) in [7, 11) is -27.9. The van der Waals surface area contributed by atoms with Crippen LogP contribution in [0.25, 0.3) is 0 Å². The van der Waals surface area contributed by atoms with E-state index >= 15 is 0 Å². The molecule has 0 aromatic rings. The number of allylic oxidation sites excluding steroid dienone is 6. The Morgan fingerprint density at radius 1 is 0.417 bits per heavy atom. The quantitative estimate of drug-likeness (QED) is 0.178. The van der Waals surface area contributed by atoms with Crippen LogP contribution in [0.1, 0.15) is 0 Å². The molecule has 0 bridgehead atoms. The van der Waals surface area contributed by atoms with Gasteiger partial charge in [0.1, 0.15) is 0 Å². The fraction of sp³-hybridized carbons (Fsp3) is 0.167. The normalized spacial score (nSPS) is 23.2. The average molecular weight is 813 g/mol. The molecule has 0 aliphatic carbocycles. The second kappa shape index (κ2) is 9.03. The number of likely N-dealkylation sites (N-methyl/N-ethyl adjacent to an activating group) is 2. The molecule has 0 aromatic carbocycles. The minimum Gasteiger partial charge on any atom is 3.00 e. The topological polar surface area (TPSA) is 6.48 Å². The van der Waals surface area contributed by atoms with Crippen molar-refractivity contribution in [3.8, 4) is 0 Å². The SMILES string of the molecule is CN1C=CC=CC1=C1C=CC=CN1C.F[P-](F)(F)(F)(F)F.F[P-](F)(F)(F)(F)F.F[P-](F)(F)(F)(F)F.[Ir+3]. The molecule has 0 saturated carbocycles. The zero-order chi connectivity index (χ0) is 29.2. The Kier molecular flexibility index (Phi) is 9.90. The van der Waals surface area contributed by atoms with Crippen molar-refractivity contribution in [1.29, 1.82) is 0 Å². The van der Waals surface area contributed by atoms with Crippen LogP contribution in [-0.2, 0) is 20.1 Å². The summed E-state index contributed by atoms with van der Waals surface area (Å²) in [5, 5.41) is 0. The molecule has 36 heavy (non-hydrogen) atoms. The van der Waals surface area contributed by atoms with Crippen LogP contribution < -0.4 is 0 Å². The average Bonchev–Trinajstić information content (AvgIpc) is 2.38. The van der Waals surface area contributed by atoms with Gasteiger partial charge >= 0.3 is 119 Å². The second-order valence-electron chi connectivity index (χ2n) is 6.27. The third-order valence-corrected chi connectivity index (χ3v) is 2.37. The third-order valence-electron chi connectivity index (χ3n) is 2.37. The van der Waals surface area contributed by atoms with Gasteiger partial charge in [0.05, 0.1) is 11.4 Å². The summed E-state index contributed by atoms with van der Waals surface area (Å²) >= 11 is 0. The molecule has 2 heterocycles. The zero-order valence-electron chi connectivity index (χ0n) is 17.0. The van der Waals surface area contributed by atoms with Crippen molar-refractivity contribution in [2.24, 2.45) is 0 Å². The minimum atomic E-state index is -10.7. The van der Waals surface area contributed by atoms with Crippen LogP contribution in [-0.4, -0.2) is 23.9 Å². The number of nitrogens with zero attached hydrogens (tertiary/aromatic N) is 2. The summed E-state index contributed by atoms with van der Waals surface area (Å²) in [5.74, 6) is 0. The molecular formula is C12H14F18IrN2P3. The molecule has 2 aliphatic rings. The Morgan fingerprint density at radius 3 is 0.722 bits per heavy atom. The smallest absolute Gasteiger partial charge is 3.00 e. The Labute approximate surface area is 203 Å². The zero-order valence-corrected chi connectivity index (χ0v) is 22.1. The molecule has 0 amide bonds. The molecule has 0 radical (unpaired) electrons. The van der Waals surface area contributed by atoms with E-state index in [1.165, 1.54) is 11.4 Å². The first kappa shape index (κ1) is 39.5. The standard InChI is InChI=1S/C12H14N2.3F6P.Ir/c1-13-9-5-3-7-11(13)12-8-4-6-10-14(12)2;3*1-7(2,3,4,5)6;/h3-10H,1-2H3;;;;/q;3*-1;+3. The number of rotatable bonds is 0.